The summed E-state index contributed by atoms with van der Waals surface area (Å²) in [6.07, 6.45) is 0.129. The van der Waals surface area contributed by atoms with E-state index in [0.717, 1.165) is 0 Å². The van der Waals surface area contributed by atoms with E-state index in [1.54, 1.807) is 6.92 Å². The molecule has 3 unspecified atom stereocenters. The maximum Gasteiger partial charge on any atom is 0.101 e. The normalized spacial score (nSPS) is 18.0. The quantitative estimate of drug-likeness (QED) is 0.366. The highest BCUT2D eigenvalue weighted by Crippen LogP contribution is 2.13. The van der Waals surface area contributed by atoms with Gasteiger partial charge in [0, 0.05) is 13.0 Å². The fourth-order valence-corrected chi connectivity index (χ4v) is 1.36. The molecule has 0 aliphatic rings. The summed E-state index contributed by atoms with van der Waals surface area (Å²) in [5, 5.41) is 37.5. The van der Waals surface area contributed by atoms with Gasteiger partial charge in [0.1, 0.15) is 6.10 Å². The van der Waals surface area contributed by atoms with E-state index in [1.165, 1.54) is 0 Å². The summed E-state index contributed by atoms with van der Waals surface area (Å²) in [4.78, 5) is 0. The number of hydrogen-bond donors (Lipinski definition) is 4. The number of rotatable bonds is 12. The van der Waals surface area contributed by atoms with E-state index in [-0.39, 0.29) is 33.0 Å². The molecule has 0 rings (SSSR count). The van der Waals surface area contributed by atoms with Gasteiger partial charge in [0.15, 0.2) is 0 Å². The minimum atomic E-state index is -1.10. The van der Waals surface area contributed by atoms with Crippen LogP contribution in [0.4, 0.5) is 0 Å². The van der Waals surface area contributed by atoms with Crippen LogP contribution in [0.3, 0.4) is 0 Å². The first-order valence-corrected chi connectivity index (χ1v) is 6.82. The van der Waals surface area contributed by atoms with Crippen molar-refractivity contribution < 1.29 is 29.9 Å². The van der Waals surface area contributed by atoms with Crippen molar-refractivity contribution >= 4 is 0 Å². The second kappa shape index (κ2) is 10.5. The molecule has 0 aromatic carbocycles. The van der Waals surface area contributed by atoms with Gasteiger partial charge in [0.2, 0.25) is 0 Å². The van der Waals surface area contributed by atoms with Gasteiger partial charge >= 0.3 is 0 Å². The van der Waals surface area contributed by atoms with Crippen molar-refractivity contribution in [2.24, 2.45) is 0 Å². The third-order valence-corrected chi connectivity index (χ3v) is 3.07. The Hall–Kier alpha value is -0.240. The average Bonchev–Trinajstić information content (AvgIpc) is 2.43. The maximum atomic E-state index is 9.78. The van der Waals surface area contributed by atoms with Crippen molar-refractivity contribution in [2.75, 3.05) is 33.0 Å². The molecular formula is C13H28O6. The van der Waals surface area contributed by atoms with E-state index in [1.807, 2.05) is 6.92 Å². The van der Waals surface area contributed by atoms with Crippen LogP contribution in [0, 0.1) is 0 Å². The lowest BCUT2D eigenvalue weighted by molar-refractivity contribution is -0.0649. The van der Waals surface area contributed by atoms with Crippen molar-refractivity contribution in [1.29, 1.82) is 0 Å². The molecule has 0 saturated carbocycles. The lowest BCUT2D eigenvalue weighted by Crippen LogP contribution is -2.34. The summed E-state index contributed by atoms with van der Waals surface area (Å²) < 4.78 is 10.3. The van der Waals surface area contributed by atoms with E-state index in [9.17, 15) is 15.3 Å². The standard InChI is InChI=1S/C13H28O6/c1-3-11(15)7-19-9-12(16)8-18-6-5-13(17,4-2)10-14/h11-12,14-17H,3-10H2,1-2H3. The van der Waals surface area contributed by atoms with Gasteiger partial charge in [-0.2, -0.15) is 0 Å². The number of ether oxygens (including phenoxy) is 2. The van der Waals surface area contributed by atoms with Gasteiger partial charge in [0.25, 0.3) is 0 Å². The molecule has 19 heavy (non-hydrogen) atoms. The van der Waals surface area contributed by atoms with Crippen LogP contribution in [0.15, 0.2) is 0 Å². The number of aliphatic hydroxyl groups excluding tert-OH is 3. The van der Waals surface area contributed by atoms with Gasteiger partial charge in [-0.15, -0.1) is 0 Å². The predicted molar refractivity (Wildman–Crippen MR) is 70.9 cm³/mol. The number of hydrogen-bond acceptors (Lipinski definition) is 6. The predicted octanol–water partition coefficient (Wildman–Crippen LogP) is -0.325. The molecule has 0 amide bonds. The van der Waals surface area contributed by atoms with Crippen molar-refractivity contribution in [3.8, 4) is 0 Å². The third kappa shape index (κ3) is 9.32. The largest absolute Gasteiger partial charge is 0.393 e. The smallest absolute Gasteiger partial charge is 0.101 e. The van der Waals surface area contributed by atoms with Crippen LogP contribution in [0.25, 0.3) is 0 Å². The van der Waals surface area contributed by atoms with Crippen LogP contribution in [-0.4, -0.2) is 71.3 Å². The maximum absolute atomic E-state index is 9.78. The van der Waals surface area contributed by atoms with E-state index in [0.29, 0.717) is 19.3 Å². The first-order valence-electron chi connectivity index (χ1n) is 6.82. The highest BCUT2D eigenvalue weighted by molar-refractivity contribution is 4.74. The van der Waals surface area contributed by atoms with Crippen LogP contribution >= 0.6 is 0 Å². The zero-order chi connectivity index (χ0) is 14.7. The van der Waals surface area contributed by atoms with Crippen LogP contribution < -0.4 is 0 Å². The van der Waals surface area contributed by atoms with Crippen LogP contribution in [0.5, 0.6) is 0 Å². The molecule has 0 spiro atoms. The summed E-state index contributed by atoms with van der Waals surface area (Å²) in [7, 11) is 0. The van der Waals surface area contributed by atoms with Gasteiger partial charge < -0.3 is 29.9 Å². The Morgan fingerprint density at radius 3 is 2.11 bits per heavy atom. The van der Waals surface area contributed by atoms with Crippen molar-refractivity contribution in [3.63, 3.8) is 0 Å². The molecule has 0 bridgehead atoms. The van der Waals surface area contributed by atoms with E-state index >= 15 is 0 Å². The number of aliphatic hydroxyl groups is 4. The summed E-state index contributed by atoms with van der Waals surface area (Å²) >= 11 is 0. The average molecular weight is 280 g/mol. The Balaban J connectivity index is 3.55. The molecule has 4 N–H and O–H groups in total. The van der Waals surface area contributed by atoms with Crippen molar-refractivity contribution in [2.45, 2.75) is 50.9 Å². The van der Waals surface area contributed by atoms with Gasteiger partial charge in [-0.05, 0) is 12.8 Å². The van der Waals surface area contributed by atoms with E-state index in [4.69, 9.17) is 14.6 Å². The zero-order valence-corrected chi connectivity index (χ0v) is 11.9. The highest BCUT2D eigenvalue weighted by atomic mass is 16.5. The minimum Gasteiger partial charge on any atom is -0.393 e. The Kier molecular flexibility index (Phi) is 10.4. The van der Waals surface area contributed by atoms with Crippen molar-refractivity contribution in [3.05, 3.63) is 0 Å². The first-order chi connectivity index (χ1) is 8.97. The van der Waals surface area contributed by atoms with Crippen LogP contribution in [0.2, 0.25) is 0 Å². The summed E-state index contributed by atoms with van der Waals surface area (Å²) in [5.41, 5.74) is -1.10. The second-order valence-electron chi connectivity index (χ2n) is 4.81. The summed E-state index contributed by atoms with van der Waals surface area (Å²) in [6, 6.07) is 0. The SMILES string of the molecule is CCC(O)COCC(O)COCCC(O)(CC)CO. The lowest BCUT2D eigenvalue weighted by Gasteiger charge is -2.24. The monoisotopic (exact) mass is 280 g/mol. The summed E-state index contributed by atoms with van der Waals surface area (Å²) in [5.74, 6) is 0. The Morgan fingerprint density at radius 2 is 1.58 bits per heavy atom. The third-order valence-electron chi connectivity index (χ3n) is 3.07. The second-order valence-corrected chi connectivity index (χ2v) is 4.81. The topological polar surface area (TPSA) is 99.4 Å². The highest BCUT2D eigenvalue weighted by Gasteiger charge is 2.23. The zero-order valence-electron chi connectivity index (χ0n) is 11.9. The van der Waals surface area contributed by atoms with Crippen LogP contribution in [0.1, 0.15) is 33.1 Å². The molecule has 0 aromatic rings. The molecule has 0 aliphatic carbocycles. The van der Waals surface area contributed by atoms with E-state index in [2.05, 4.69) is 0 Å². The first kappa shape index (κ1) is 18.8. The van der Waals surface area contributed by atoms with Gasteiger partial charge in [-0.1, -0.05) is 13.8 Å². The molecular weight excluding hydrogens is 252 g/mol. The molecule has 6 heteroatoms. The molecule has 116 valence electrons. The van der Waals surface area contributed by atoms with Crippen LogP contribution in [-0.2, 0) is 9.47 Å². The molecule has 3 atom stereocenters. The van der Waals surface area contributed by atoms with E-state index < -0.39 is 17.8 Å². The fraction of sp³-hybridized carbons (Fsp3) is 1.00. The Morgan fingerprint density at radius 1 is 1.00 bits per heavy atom. The van der Waals surface area contributed by atoms with Gasteiger partial charge in [-0.3, -0.25) is 0 Å². The Bertz CT molecular complexity index is 207. The van der Waals surface area contributed by atoms with Crippen molar-refractivity contribution in [1.82, 2.24) is 0 Å². The van der Waals surface area contributed by atoms with Gasteiger partial charge in [0.05, 0.1) is 38.1 Å². The summed E-state index contributed by atoms with van der Waals surface area (Å²) in [6.45, 7) is 4.02. The molecule has 0 aliphatic heterocycles. The molecule has 0 aromatic heterocycles. The fourth-order valence-electron chi connectivity index (χ4n) is 1.36. The van der Waals surface area contributed by atoms with Gasteiger partial charge in [-0.25, -0.2) is 0 Å². The molecule has 0 radical (unpaired) electrons. The molecule has 0 heterocycles. The molecule has 6 nitrogen and oxygen atoms in total. The molecule has 0 saturated heterocycles. The Labute approximate surface area is 115 Å². The minimum absolute atomic E-state index is 0.105. The lowest BCUT2D eigenvalue weighted by atomic mass is 9.98. The molecule has 0 fully saturated rings.